The first kappa shape index (κ1) is 11.0. The van der Waals surface area contributed by atoms with Crippen molar-refractivity contribution >= 4 is 17.3 Å². The second-order valence-corrected chi connectivity index (χ2v) is 4.99. The summed E-state index contributed by atoms with van der Waals surface area (Å²) in [5, 5.41) is 3.38. The molecule has 0 bridgehead atoms. The minimum absolute atomic E-state index is 0.0991. The number of benzene rings is 1. The summed E-state index contributed by atoms with van der Waals surface area (Å²) in [7, 11) is 0. The molecule has 2 rings (SSSR count). The van der Waals surface area contributed by atoms with Crippen molar-refractivity contribution in [3.8, 4) is 0 Å². The summed E-state index contributed by atoms with van der Waals surface area (Å²) in [4.78, 5) is 13.7. The largest absolute Gasteiger partial charge is 0.381 e. The van der Waals surface area contributed by atoms with E-state index in [-0.39, 0.29) is 11.4 Å². The zero-order chi connectivity index (χ0) is 11.9. The number of nitrogens with one attached hydrogen (secondary N) is 1. The molecule has 3 nitrogen and oxygen atoms in total. The van der Waals surface area contributed by atoms with E-state index in [9.17, 15) is 4.79 Å². The number of hydrogen-bond acceptors (Lipinski definition) is 2. The Morgan fingerprint density at radius 1 is 1.44 bits per heavy atom. The molecule has 1 aromatic rings. The van der Waals surface area contributed by atoms with Crippen LogP contribution in [0.2, 0.25) is 0 Å². The summed E-state index contributed by atoms with van der Waals surface area (Å²) in [6, 6.07) is 6.07. The van der Waals surface area contributed by atoms with Gasteiger partial charge in [0, 0.05) is 13.5 Å². The average Bonchev–Trinajstić information content (AvgIpc) is 2.17. The quantitative estimate of drug-likeness (QED) is 0.725. The zero-order valence-electron chi connectivity index (χ0n) is 10.3. The molecule has 1 N–H and O–H groups in total. The van der Waals surface area contributed by atoms with Crippen molar-refractivity contribution in [3.05, 3.63) is 23.8 Å². The number of anilines is 2. The van der Waals surface area contributed by atoms with Gasteiger partial charge in [-0.3, -0.25) is 4.79 Å². The van der Waals surface area contributed by atoms with Gasteiger partial charge in [0.05, 0.1) is 16.9 Å². The van der Waals surface area contributed by atoms with Gasteiger partial charge in [0.25, 0.3) is 0 Å². The minimum Gasteiger partial charge on any atom is -0.381 e. The number of nitrogens with zero attached hydrogens (tertiary/aromatic N) is 1. The average molecular weight is 218 g/mol. The van der Waals surface area contributed by atoms with Gasteiger partial charge in [0.1, 0.15) is 0 Å². The Morgan fingerprint density at radius 3 is 2.75 bits per heavy atom. The van der Waals surface area contributed by atoms with E-state index >= 15 is 0 Å². The van der Waals surface area contributed by atoms with E-state index in [0.29, 0.717) is 0 Å². The molecule has 0 aliphatic carbocycles. The Morgan fingerprint density at radius 2 is 2.12 bits per heavy atom. The van der Waals surface area contributed by atoms with Crippen LogP contribution in [-0.4, -0.2) is 18.0 Å². The monoisotopic (exact) mass is 218 g/mol. The number of hydrogen-bond donors (Lipinski definition) is 1. The van der Waals surface area contributed by atoms with E-state index in [4.69, 9.17) is 0 Å². The van der Waals surface area contributed by atoms with Gasteiger partial charge in [0.2, 0.25) is 5.91 Å². The van der Waals surface area contributed by atoms with Crippen LogP contribution in [0.5, 0.6) is 0 Å². The highest BCUT2D eigenvalue weighted by molar-refractivity contribution is 5.98. The lowest BCUT2D eigenvalue weighted by Crippen LogP contribution is -2.54. The van der Waals surface area contributed by atoms with Crippen molar-refractivity contribution < 1.29 is 4.79 Å². The van der Waals surface area contributed by atoms with Gasteiger partial charge in [-0.05, 0) is 32.4 Å². The van der Waals surface area contributed by atoms with Crippen molar-refractivity contribution in [3.63, 3.8) is 0 Å². The topological polar surface area (TPSA) is 32.3 Å². The van der Waals surface area contributed by atoms with Crippen LogP contribution >= 0.6 is 0 Å². The highest BCUT2D eigenvalue weighted by atomic mass is 16.2. The summed E-state index contributed by atoms with van der Waals surface area (Å²) >= 11 is 0. The Bertz CT molecular complexity index is 438. The Labute approximate surface area is 96.5 Å². The number of amides is 1. The van der Waals surface area contributed by atoms with E-state index in [1.165, 1.54) is 0 Å². The van der Waals surface area contributed by atoms with Crippen LogP contribution < -0.4 is 10.2 Å². The van der Waals surface area contributed by atoms with Gasteiger partial charge < -0.3 is 10.2 Å². The molecule has 1 aromatic carbocycles. The second kappa shape index (κ2) is 3.51. The molecule has 86 valence electrons. The number of carbonyl (C=O) groups is 1. The molecule has 3 heteroatoms. The summed E-state index contributed by atoms with van der Waals surface area (Å²) in [6.07, 6.45) is 0. The maximum absolute atomic E-state index is 11.8. The van der Waals surface area contributed by atoms with Crippen molar-refractivity contribution in [2.24, 2.45) is 0 Å². The summed E-state index contributed by atoms with van der Waals surface area (Å²) < 4.78 is 0. The lowest BCUT2D eigenvalue weighted by Gasteiger charge is -2.44. The van der Waals surface area contributed by atoms with E-state index in [1.807, 2.05) is 30.0 Å². The molecule has 0 saturated carbocycles. The number of para-hydroxylation sites is 1. The molecule has 1 heterocycles. The van der Waals surface area contributed by atoms with E-state index in [1.54, 1.807) is 6.92 Å². The van der Waals surface area contributed by atoms with Gasteiger partial charge in [-0.2, -0.15) is 0 Å². The van der Waals surface area contributed by atoms with Gasteiger partial charge in [-0.1, -0.05) is 12.1 Å². The molecular weight excluding hydrogens is 200 g/mol. The molecule has 0 radical (unpaired) electrons. The SMILES string of the molecule is CC(=O)N1c2c(C)cccc2NCC1(C)C. The van der Waals surface area contributed by atoms with E-state index in [0.717, 1.165) is 23.5 Å². The molecular formula is C13H18N2O. The third kappa shape index (κ3) is 1.56. The summed E-state index contributed by atoms with van der Waals surface area (Å²) in [6.45, 7) is 8.61. The van der Waals surface area contributed by atoms with Crippen LogP contribution in [0.4, 0.5) is 11.4 Å². The normalized spacial score (nSPS) is 17.6. The van der Waals surface area contributed by atoms with Crippen LogP contribution in [0, 0.1) is 6.92 Å². The molecule has 0 unspecified atom stereocenters. The standard InChI is InChI=1S/C13H18N2O/c1-9-6-5-7-11-12(9)15(10(2)16)13(3,4)8-14-11/h5-7,14H,8H2,1-4H3. The lowest BCUT2D eigenvalue weighted by molar-refractivity contribution is -0.117. The minimum atomic E-state index is -0.176. The van der Waals surface area contributed by atoms with E-state index < -0.39 is 0 Å². The van der Waals surface area contributed by atoms with Crippen LogP contribution in [-0.2, 0) is 4.79 Å². The van der Waals surface area contributed by atoms with Crippen LogP contribution in [0.3, 0.4) is 0 Å². The highest BCUT2D eigenvalue weighted by Crippen LogP contribution is 2.38. The number of fused-ring (bicyclic) bond motifs is 1. The van der Waals surface area contributed by atoms with Crippen LogP contribution in [0.15, 0.2) is 18.2 Å². The molecule has 0 spiro atoms. The lowest BCUT2D eigenvalue weighted by atomic mass is 9.95. The summed E-state index contributed by atoms with van der Waals surface area (Å²) in [5.74, 6) is 0.0991. The van der Waals surface area contributed by atoms with Crippen molar-refractivity contribution in [2.75, 3.05) is 16.8 Å². The zero-order valence-corrected chi connectivity index (χ0v) is 10.3. The van der Waals surface area contributed by atoms with Gasteiger partial charge in [-0.25, -0.2) is 0 Å². The molecule has 0 fully saturated rings. The van der Waals surface area contributed by atoms with Gasteiger partial charge in [-0.15, -0.1) is 0 Å². The summed E-state index contributed by atoms with van der Waals surface area (Å²) in [5.41, 5.74) is 3.03. The highest BCUT2D eigenvalue weighted by Gasteiger charge is 2.36. The fourth-order valence-electron chi connectivity index (χ4n) is 2.38. The predicted octanol–water partition coefficient (Wildman–Crippen LogP) is 2.55. The molecule has 0 aromatic heterocycles. The van der Waals surface area contributed by atoms with Gasteiger partial charge in [0.15, 0.2) is 0 Å². The van der Waals surface area contributed by atoms with Crippen molar-refractivity contribution in [2.45, 2.75) is 33.2 Å². The first-order valence-corrected chi connectivity index (χ1v) is 5.58. The van der Waals surface area contributed by atoms with Crippen LogP contribution in [0.25, 0.3) is 0 Å². The molecule has 1 aliphatic rings. The third-order valence-electron chi connectivity index (χ3n) is 3.09. The van der Waals surface area contributed by atoms with Crippen LogP contribution in [0.1, 0.15) is 26.3 Å². The first-order valence-electron chi connectivity index (χ1n) is 5.58. The molecule has 1 aliphatic heterocycles. The maximum atomic E-state index is 11.8. The molecule has 1 amide bonds. The third-order valence-corrected chi connectivity index (χ3v) is 3.09. The smallest absolute Gasteiger partial charge is 0.224 e. The maximum Gasteiger partial charge on any atom is 0.224 e. The number of carbonyl (C=O) groups excluding carboxylic acids is 1. The fraction of sp³-hybridized carbons (Fsp3) is 0.462. The van der Waals surface area contributed by atoms with Crippen molar-refractivity contribution in [1.29, 1.82) is 0 Å². The molecule has 16 heavy (non-hydrogen) atoms. The number of aryl methyl sites for hydroxylation is 1. The Kier molecular flexibility index (Phi) is 2.41. The first-order chi connectivity index (χ1) is 7.43. The Balaban J connectivity index is 2.62. The van der Waals surface area contributed by atoms with E-state index in [2.05, 4.69) is 19.2 Å². The number of rotatable bonds is 0. The fourth-order valence-corrected chi connectivity index (χ4v) is 2.38. The molecule has 0 atom stereocenters. The van der Waals surface area contributed by atoms with Crippen molar-refractivity contribution in [1.82, 2.24) is 0 Å². The Hall–Kier alpha value is -1.51. The second-order valence-electron chi connectivity index (χ2n) is 4.99. The molecule has 0 saturated heterocycles. The predicted molar refractivity (Wildman–Crippen MR) is 66.9 cm³/mol. The van der Waals surface area contributed by atoms with Gasteiger partial charge >= 0.3 is 0 Å².